The van der Waals surface area contributed by atoms with Gasteiger partial charge < -0.3 is 9.30 Å². The number of carbonyl (C=O) groups is 1. The van der Waals surface area contributed by atoms with Crippen LogP contribution < -0.4 is 0 Å². The molecular formula is C23H18Cl2N2O2. The molecule has 29 heavy (non-hydrogen) atoms. The maximum Gasteiger partial charge on any atom is 0.317 e. The summed E-state index contributed by atoms with van der Waals surface area (Å²) in [7, 11) is 1.43. The number of methoxy groups -OCH3 is 1. The SMILES string of the molecule is COC(=O)C1(c2cc3c4ccccc4n(Cc4cc(Cl)ccc4Cl)c3cn2)CC1. The van der Waals surface area contributed by atoms with E-state index in [2.05, 4.69) is 21.7 Å². The standard InChI is InChI=1S/C23H18Cl2N2O2/c1-29-22(28)23(8-9-23)21-11-17-16-4-2-3-5-19(16)27(20(17)12-26-21)13-14-10-15(24)6-7-18(14)25/h2-7,10-12H,8-9,13H2,1H3. The minimum absolute atomic E-state index is 0.209. The summed E-state index contributed by atoms with van der Waals surface area (Å²) >= 11 is 12.6. The average Bonchev–Trinajstić information content (AvgIpc) is 3.50. The van der Waals surface area contributed by atoms with Crippen molar-refractivity contribution >= 4 is 51.0 Å². The van der Waals surface area contributed by atoms with Gasteiger partial charge in [0.05, 0.1) is 24.5 Å². The van der Waals surface area contributed by atoms with Gasteiger partial charge in [-0.1, -0.05) is 41.4 Å². The van der Waals surface area contributed by atoms with E-state index in [9.17, 15) is 4.79 Å². The Hall–Kier alpha value is -2.56. The fourth-order valence-corrected chi connectivity index (χ4v) is 4.47. The number of pyridine rings is 1. The molecule has 6 heteroatoms. The van der Waals surface area contributed by atoms with E-state index in [0.717, 1.165) is 45.9 Å². The molecule has 0 radical (unpaired) electrons. The summed E-state index contributed by atoms with van der Waals surface area (Å²) in [6, 6.07) is 15.7. The highest BCUT2D eigenvalue weighted by atomic mass is 35.5. The molecule has 1 fully saturated rings. The van der Waals surface area contributed by atoms with Crippen molar-refractivity contribution in [3.8, 4) is 0 Å². The van der Waals surface area contributed by atoms with Crippen LogP contribution >= 0.6 is 23.2 Å². The smallest absolute Gasteiger partial charge is 0.317 e. The largest absolute Gasteiger partial charge is 0.468 e. The number of hydrogen-bond donors (Lipinski definition) is 0. The van der Waals surface area contributed by atoms with Gasteiger partial charge in [-0.3, -0.25) is 9.78 Å². The highest BCUT2D eigenvalue weighted by Gasteiger charge is 2.54. The fraction of sp³-hybridized carbons (Fsp3) is 0.217. The first-order valence-electron chi connectivity index (χ1n) is 9.43. The third kappa shape index (κ3) is 2.90. The van der Waals surface area contributed by atoms with E-state index in [1.54, 1.807) is 6.07 Å². The van der Waals surface area contributed by atoms with Crippen LogP contribution in [-0.4, -0.2) is 22.6 Å². The molecular weight excluding hydrogens is 407 g/mol. The highest BCUT2D eigenvalue weighted by Crippen LogP contribution is 2.49. The molecule has 0 saturated heterocycles. The van der Waals surface area contributed by atoms with Crippen LogP contribution in [0.2, 0.25) is 10.0 Å². The predicted molar refractivity (Wildman–Crippen MR) is 116 cm³/mol. The third-order valence-electron chi connectivity index (χ3n) is 5.81. The summed E-state index contributed by atoms with van der Waals surface area (Å²) in [5, 5.41) is 3.51. The van der Waals surface area contributed by atoms with Crippen LogP contribution in [0.1, 0.15) is 24.1 Å². The van der Waals surface area contributed by atoms with Gasteiger partial charge in [0.2, 0.25) is 0 Å². The Morgan fingerprint density at radius 2 is 1.90 bits per heavy atom. The van der Waals surface area contributed by atoms with E-state index in [0.29, 0.717) is 16.6 Å². The van der Waals surface area contributed by atoms with E-state index < -0.39 is 5.41 Å². The molecule has 1 aliphatic rings. The second-order valence-corrected chi connectivity index (χ2v) is 8.34. The summed E-state index contributed by atoms with van der Waals surface area (Å²) in [5.74, 6) is -0.209. The molecule has 146 valence electrons. The van der Waals surface area contributed by atoms with Gasteiger partial charge in [-0.25, -0.2) is 0 Å². The van der Waals surface area contributed by atoms with E-state index in [-0.39, 0.29) is 5.97 Å². The molecule has 1 aliphatic carbocycles. The first-order valence-corrected chi connectivity index (χ1v) is 10.2. The Kier molecular flexibility index (Phi) is 4.30. The minimum atomic E-state index is -0.595. The van der Waals surface area contributed by atoms with Gasteiger partial charge in [0, 0.05) is 32.9 Å². The lowest BCUT2D eigenvalue weighted by atomic mass is 10.0. The molecule has 2 aromatic carbocycles. The van der Waals surface area contributed by atoms with Crippen molar-refractivity contribution in [1.29, 1.82) is 0 Å². The molecule has 0 amide bonds. The molecule has 0 N–H and O–H groups in total. The normalized spacial score (nSPS) is 15.0. The van der Waals surface area contributed by atoms with Crippen molar-refractivity contribution in [3.05, 3.63) is 76.0 Å². The van der Waals surface area contributed by atoms with Crippen molar-refractivity contribution in [3.63, 3.8) is 0 Å². The first kappa shape index (κ1) is 18.5. The van der Waals surface area contributed by atoms with E-state index in [1.165, 1.54) is 7.11 Å². The zero-order valence-electron chi connectivity index (χ0n) is 15.8. The van der Waals surface area contributed by atoms with Crippen molar-refractivity contribution in [2.24, 2.45) is 0 Å². The number of rotatable bonds is 4. The van der Waals surface area contributed by atoms with Crippen LogP contribution in [0.3, 0.4) is 0 Å². The molecule has 4 aromatic rings. The number of fused-ring (bicyclic) bond motifs is 3. The minimum Gasteiger partial charge on any atom is -0.468 e. The summed E-state index contributed by atoms with van der Waals surface area (Å²) in [4.78, 5) is 17.0. The van der Waals surface area contributed by atoms with Crippen LogP contribution in [0.4, 0.5) is 0 Å². The van der Waals surface area contributed by atoms with Gasteiger partial charge in [0.1, 0.15) is 5.41 Å². The molecule has 0 aliphatic heterocycles. The van der Waals surface area contributed by atoms with Crippen LogP contribution in [0.25, 0.3) is 21.8 Å². The number of carbonyl (C=O) groups excluding carboxylic acids is 1. The van der Waals surface area contributed by atoms with E-state index in [4.69, 9.17) is 27.9 Å². The number of benzene rings is 2. The number of aromatic nitrogens is 2. The van der Waals surface area contributed by atoms with Gasteiger partial charge >= 0.3 is 5.97 Å². The fourth-order valence-electron chi connectivity index (χ4n) is 4.10. The number of ether oxygens (including phenoxy) is 1. The molecule has 0 atom stereocenters. The maximum atomic E-state index is 12.3. The molecule has 2 heterocycles. The number of para-hydroxylation sites is 1. The lowest BCUT2D eigenvalue weighted by Gasteiger charge is -2.13. The molecule has 5 rings (SSSR count). The van der Waals surface area contributed by atoms with Gasteiger partial charge in [-0.15, -0.1) is 0 Å². The Balaban J connectivity index is 1.70. The van der Waals surface area contributed by atoms with Gasteiger partial charge in [-0.05, 0) is 48.7 Å². The van der Waals surface area contributed by atoms with E-state index in [1.807, 2.05) is 36.5 Å². The highest BCUT2D eigenvalue weighted by molar-refractivity contribution is 6.33. The maximum absolute atomic E-state index is 12.3. The van der Waals surface area contributed by atoms with Crippen molar-refractivity contribution in [2.75, 3.05) is 7.11 Å². The summed E-state index contributed by atoms with van der Waals surface area (Å²) < 4.78 is 7.22. The molecule has 0 spiro atoms. The molecule has 1 saturated carbocycles. The van der Waals surface area contributed by atoms with Crippen LogP contribution in [-0.2, 0) is 21.5 Å². The second-order valence-electron chi connectivity index (χ2n) is 7.50. The summed E-state index contributed by atoms with van der Waals surface area (Å²) in [6.45, 7) is 0.576. The lowest BCUT2D eigenvalue weighted by molar-refractivity contribution is -0.143. The Morgan fingerprint density at radius 3 is 2.66 bits per heavy atom. The zero-order valence-corrected chi connectivity index (χ0v) is 17.3. The lowest BCUT2D eigenvalue weighted by Crippen LogP contribution is -2.23. The zero-order chi connectivity index (χ0) is 20.2. The Morgan fingerprint density at radius 1 is 1.10 bits per heavy atom. The second kappa shape index (κ2) is 6.75. The average molecular weight is 425 g/mol. The number of esters is 1. The van der Waals surface area contributed by atoms with Crippen molar-refractivity contribution < 1.29 is 9.53 Å². The molecule has 0 unspecified atom stereocenters. The van der Waals surface area contributed by atoms with Crippen molar-refractivity contribution in [2.45, 2.75) is 24.8 Å². The first-order chi connectivity index (χ1) is 14.0. The monoisotopic (exact) mass is 424 g/mol. The number of nitrogens with zero attached hydrogens (tertiary/aromatic N) is 2. The Labute approximate surface area is 178 Å². The van der Waals surface area contributed by atoms with Crippen LogP contribution in [0.5, 0.6) is 0 Å². The Bertz CT molecular complexity index is 1270. The summed E-state index contributed by atoms with van der Waals surface area (Å²) in [5.41, 5.74) is 3.20. The topological polar surface area (TPSA) is 44.1 Å². The van der Waals surface area contributed by atoms with Crippen molar-refractivity contribution in [1.82, 2.24) is 9.55 Å². The van der Waals surface area contributed by atoms with Crippen LogP contribution in [0, 0.1) is 0 Å². The predicted octanol–water partition coefficient (Wildman–Crippen LogP) is 5.75. The van der Waals surface area contributed by atoms with Gasteiger partial charge in [0.25, 0.3) is 0 Å². The van der Waals surface area contributed by atoms with E-state index >= 15 is 0 Å². The molecule has 4 nitrogen and oxygen atoms in total. The molecule has 0 bridgehead atoms. The number of halogens is 2. The number of hydrogen-bond acceptors (Lipinski definition) is 3. The molecule has 2 aromatic heterocycles. The third-order valence-corrected chi connectivity index (χ3v) is 6.42. The van der Waals surface area contributed by atoms with Crippen LogP contribution in [0.15, 0.2) is 54.7 Å². The summed E-state index contributed by atoms with van der Waals surface area (Å²) in [6.07, 6.45) is 3.40. The quantitative estimate of drug-likeness (QED) is 0.391. The van der Waals surface area contributed by atoms with Gasteiger partial charge in [-0.2, -0.15) is 0 Å². The van der Waals surface area contributed by atoms with Gasteiger partial charge in [0.15, 0.2) is 0 Å².